The topological polar surface area (TPSA) is 30.5 Å². The van der Waals surface area contributed by atoms with Gasteiger partial charge in [-0.1, -0.05) is 26.3 Å². The lowest BCUT2D eigenvalue weighted by Gasteiger charge is -2.28. The lowest BCUT2D eigenvalue weighted by molar-refractivity contribution is 0.125. The monoisotopic (exact) mass is 291 g/mol. The average Bonchev–Trinajstić information content (AvgIpc) is 2.48. The molecular weight excluding hydrogens is 262 g/mol. The summed E-state index contributed by atoms with van der Waals surface area (Å²) in [6.07, 6.45) is 6.40. The Morgan fingerprint density at radius 2 is 2.10 bits per heavy atom. The highest BCUT2D eigenvalue weighted by molar-refractivity contribution is 5.43. The van der Waals surface area contributed by atoms with Gasteiger partial charge in [-0.15, -0.1) is 0 Å². The van der Waals surface area contributed by atoms with Crippen LogP contribution in [0.2, 0.25) is 0 Å². The minimum atomic E-state index is 0.335. The van der Waals surface area contributed by atoms with E-state index in [9.17, 15) is 0 Å². The van der Waals surface area contributed by atoms with Crippen LogP contribution in [0.4, 0.5) is 0 Å². The van der Waals surface area contributed by atoms with Crippen molar-refractivity contribution in [2.75, 3.05) is 13.7 Å². The Morgan fingerprint density at radius 1 is 1.24 bits per heavy atom. The summed E-state index contributed by atoms with van der Waals surface area (Å²) >= 11 is 0. The van der Waals surface area contributed by atoms with E-state index >= 15 is 0 Å². The van der Waals surface area contributed by atoms with Gasteiger partial charge in [0, 0.05) is 6.54 Å². The molecule has 1 aromatic rings. The summed E-state index contributed by atoms with van der Waals surface area (Å²) in [6.45, 7) is 6.43. The first-order valence-corrected chi connectivity index (χ1v) is 8.27. The number of ether oxygens (including phenoxy) is 2. The second-order valence-electron chi connectivity index (χ2n) is 6.17. The maximum absolute atomic E-state index is 6.24. The molecule has 2 atom stereocenters. The van der Waals surface area contributed by atoms with E-state index in [0.29, 0.717) is 6.10 Å². The van der Waals surface area contributed by atoms with E-state index in [1.165, 1.54) is 18.4 Å². The van der Waals surface area contributed by atoms with E-state index < -0.39 is 0 Å². The minimum Gasteiger partial charge on any atom is -0.493 e. The molecule has 1 fully saturated rings. The molecule has 1 aromatic carbocycles. The zero-order valence-corrected chi connectivity index (χ0v) is 13.7. The molecule has 0 amide bonds. The van der Waals surface area contributed by atoms with Crippen LogP contribution in [0.25, 0.3) is 0 Å². The number of benzene rings is 1. The quantitative estimate of drug-likeness (QED) is 0.765. The lowest BCUT2D eigenvalue weighted by Crippen LogP contribution is -2.24. The second kappa shape index (κ2) is 8.28. The van der Waals surface area contributed by atoms with Crippen LogP contribution in [0, 0.1) is 5.92 Å². The fourth-order valence-electron chi connectivity index (χ4n) is 3.00. The first-order valence-electron chi connectivity index (χ1n) is 8.27. The van der Waals surface area contributed by atoms with Crippen molar-refractivity contribution in [3.8, 4) is 11.5 Å². The van der Waals surface area contributed by atoms with Crippen LogP contribution < -0.4 is 14.8 Å². The molecule has 1 N–H and O–H groups in total. The predicted molar refractivity (Wildman–Crippen MR) is 87.0 cm³/mol. The first kappa shape index (κ1) is 16.2. The smallest absolute Gasteiger partial charge is 0.161 e. The zero-order valence-electron chi connectivity index (χ0n) is 13.7. The second-order valence-corrected chi connectivity index (χ2v) is 6.17. The summed E-state index contributed by atoms with van der Waals surface area (Å²) in [6, 6.07) is 6.25. The zero-order chi connectivity index (χ0) is 15.1. The van der Waals surface area contributed by atoms with Gasteiger partial charge >= 0.3 is 0 Å². The van der Waals surface area contributed by atoms with Crippen molar-refractivity contribution in [2.45, 2.75) is 58.6 Å². The van der Waals surface area contributed by atoms with Crippen molar-refractivity contribution in [1.82, 2.24) is 5.32 Å². The third-order valence-electron chi connectivity index (χ3n) is 4.17. The molecule has 3 heteroatoms. The standard InChI is InChI=1S/C18H29NO2/c1-4-10-19-13-15-8-9-17(20-3)18(12-15)21-16-7-5-6-14(2)11-16/h8-9,12,14,16,19H,4-7,10-11,13H2,1-3H3. The molecule has 0 bridgehead atoms. The Morgan fingerprint density at radius 3 is 2.81 bits per heavy atom. The normalized spacial score (nSPS) is 22.0. The van der Waals surface area contributed by atoms with Crippen molar-refractivity contribution in [3.63, 3.8) is 0 Å². The van der Waals surface area contributed by atoms with Gasteiger partial charge in [-0.05, 0) is 55.8 Å². The summed E-state index contributed by atoms with van der Waals surface area (Å²) < 4.78 is 11.7. The fourth-order valence-corrected chi connectivity index (χ4v) is 3.00. The molecule has 1 aliphatic carbocycles. The Hall–Kier alpha value is -1.22. The van der Waals surface area contributed by atoms with E-state index in [0.717, 1.165) is 49.8 Å². The molecule has 21 heavy (non-hydrogen) atoms. The van der Waals surface area contributed by atoms with Gasteiger partial charge in [0.05, 0.1) is 13.2 Å². The van der Waals surface area contributed by atoms with Crippen molar-refractivity contribution in [1.29, 1.82) is 0 Å². The van der Waals surface area contributed by atoms with Crippen LogP contribution in [-0.4, -0.2) is 19.8 Å². The van der Waals surface area contributed by atoms with Crippen LogP contribution in [0.3, 0.4) is 0 Å². The van der Waals surface area contributed by atoms with Crippen LogP contribution >= 0.6 is 0 Å². The maximum Gasteiger partial charge on any atom is 0.161 e. The molecule has 0 radical (unpaired) electrons. The number of nitrogens with one attached hydrogen (secondary N) is 1. The van der Waals surface area contributed by atoms with Crippen molar-refractivity contribution in [3.05, 3.63) is 23.8 Å². The Labute approximate surface area is 129 Å². The lowest BCUT2D eigenvalue weighted by atomic mass is 9.89. The Kier molecular flexibility index (Phi) is 6.37. The summed E-state index contributed by atoms with van der Waals surface area (Å²) in [5.74, 6) is 2.50. The van der Waals surface area contributed by atoms with E-state index in [-0.39, 0.29) is 0 Å². The molecule has 2 rings (SSSR count). The maximum atomic E-state index is 6.24. The van der Waals surface area contributed by atoms with E-state index in [1.807, 2.05) is 6.07 Å². The van der Waals surface area contributed by atoms with Crippen LogP contribution in [0.1, 0.15) is 51.5 Å². The van der Waals surface area contributed by atoms with Crippen LogP contribution in [0.15, 0.2) is 18.2 Å². The van der Waals surface area contributed by atoms with Gasteiger partial charge in [-0.3, -0.25) is 0 Å². The highest BCUT2D eigenvalue weighted by Crippen LogP contribution is 2.33. The summed E-state index contributed by atoms with van der Waals surface area (Å²) in [7, 11) is 1.71. The molecule has 0 heterocycles. The van der Waals surface area contributed by atoms with E-state index in [4.69, 9.17) is 9.47 Å². The molecule has 3 nitrogen and oxygen atoms in total. The average molecular weight is 291 g/mol. The summed E-state index contributed by atoms with van der Waals surface area (Å²) in [5.41, 5.74) is 1.25. The molecule has 118 valence electrons. The molecule has 1 aliphatic rings. The molecule has 0 saturated heterocycles. The van der Waals surface area contributed by atoms with E-state index in [2.05, 4.69) is 31.3 Å². The number of methoxy groups -OCH3 is 1. The summed E-state index contributed by atoms with van der Waals surface area (Å²) in [4.78, 5) is 0. The van der Waals surface area contributed by atoms with Gasteiger partial charge in [0.2, 0.25) is 0 Å². The van der Waals surface area contributed by atoms with Gasteiger partial charge < -0.3 is 14.8 Å². The summed E-state index contributed by atoms with van der Waals surface area (Å²) in [5, 5.41) is 3.43. The predicted octanol–water partition coefficient (Wildman–Crippen LogP) is 4.15. The number of hydrogen-bond donors (Lipinski definition) is 1. The first-order chi connectivity index (χ1) is 10.2. The molecule has 0 aromatic heterocycles. The van der Waals surface area contributed by atoms with E-state index in [1.54, 1.807) is 7.11 Å². The molecule has 0 spiro atoms. The van der Waals surface area contributed by atoms with Gasteiger partial charge in [0.1, 0.15) is 0 Å². The highest BCUT2D eigenvalue weighted by Gasteiger charge is 2.21. The molecule has 0 aliphatic heterocycles. The fraction of sp³-hybridized carbons (Fsp3) is 0.667. The molecule has 1 saturated carbocycles. The molecular formula is C18H29NO2. The van der Waals surface area contributed by atoms with Crippen molar-refractivity contribution >= 4 is 0 Å². The van der Waals surface area contributed by atoms with Crippen LogP contribution in [-0.2, 0) is 6.54 Å². The number of rotatable bonds is 7. The molecule has 2 unspecified atom stereocenters. The van der Waals surface area contributed by atoms with Gasteiger partial charge in [-0.25, -0.2) is 0 Å². The van der Waals surface area contributed by atoms with Gasteiger partial charge in [0.25, 0.3) is 0 Å². The third kappa shape index (κ3) is 4.92. The highest BCUT2D eigenvalue weighted by atomic mass is 16.5. The van der Waals surface area contributed by atoms with Gasteiger partial charge in [-0.2, -0.15) is 0 Å². The largest absolute Gasteiger partial charge is 0.493 e. The van der Waals surface area contributed by atoms with Crippen molar-refractivity contribution in [2.24, 2.45) is 5.92 Å². The van der Waals surface area contributed by atoms with Gasteiger partial charge in [0.15, 0.2) is 11.5 Å². The minimum absolute atomic E-state index is 0.335. The SMILES string of the molecule is CCCNCc1ccc(OC)c(OC2CCCC(C)C2)c1. The number of hydrogen-bond acceptors (Lipinski definition) is 3. The Balaban J connectivity index is 2.02. The third-order valence-corrected chi connectivity index (χ3v) is 4.17. The Bertz CT molecular complexity index is 433. The van der Waals surface area contributed by atoms with Crippen molar-refractivity contribution < 1.29 is 9.47 Å². The van der Waals surface area contributed by atoms with Crippen LogP contribution in [0.5, 0.6) is 11.5 Å².